The fourth-order valence-corrected chi connectivity index (χ4v) is 10.2. The average molecular weight is 441 g/mol. The Hall–Kier alpha value is -0.630. The molecular weight excluding hydrogens is 392 g/mol. The van der Waals surface area contributed by atoms with Gasteiger partial charge in [0, 0.05) is 11.8 Å². The zero-order chi connectivity index (χ0) is 23.3. The third-order valence-electron chi connectivity index (χ3n) is 12.5. The molecule has 0 amide bonds. The van der Waals surface area contributed by atoms with E-state index in [1.165, 1.54) is 38.5 Å². The molecule has 5 rings (SSSR count). The monoisotopic (exact) mass is 440 g/mol. The Morgan fingerprint density at radius 1 is 0.906 bits per heavy atom. The highest BCUT2D eigenvalue weighted by molar-refractivity contribution is 5.85. The SMILES string of the molecule is CC(=CCC1OC1(C)C)C1CCC2(C)C1CCC1C3(C)CCC(=O)C(C)(C)C3CCC12C. The molecule has 0 aromatic rings. The van der Waals surface area contributed by atoms with E-state index in [2.05, 4.69) is 61.5 Å². The third-order valence-corrected chi connectivity index (χ3v) is 12.5. The maximum Gasteiger partial charge on any atom is 0.138 e. The zero-order valence-corrected chi connectivity index (χ0v) is 22.1. The molecule has 1 saturated heterocycles. The molecule has 1 heterocycles. The van der Waals surface area contributed by atoms with Crippen LogP contribution in [0.5, 0.6) is 0 Å². The second kappa shape index (κ2) is 6.96. The number of epoxide rings is 1. The van der Waals surface area contributed by atoms with Crippen molar-refractivity contribution in [1.29, 1.82) is 0 Å². The van der Waals surface area contributed by atoms with Crippen molar-refractivity contribution in [2.24, 2.45) is 45.3 Å². The smallest absolute Gasteiger partial charge is 0.138 e. The molecule has 8 atom stereocenters. The lowest BCUT2D eigenvalue weighted by Gasteiger charge is -2.69. The van der Waals surface area contributed by atoms with Crippen molar-refractivity contribution in [3.8, 4) is 0 Å². The summed E-state index contributed by atoms with van der Waals surface area (Å²) in [5.41, 5.74) is 2.77. The number of hydrogen-bond donors (Lipinski definition) is 0. The largest absolute Gasteiger partial charge is 0.366 e. The molecule has 0 N–H and O–H groups in total. The summed E-state index contributed by atoms with van der Waals surface area (Å²) in [6, 6.07) is 0. The summed E-state index contributed by atoms with van der Waals surface area (Å²) >= 11 is 0. The number of carbonyl (C=O) groups excluding carboxylic acids is 1. The van der Waals surface area contributed by atoms with Gasteiger partial charge in [0.2, 0.25) is 0 Å². The molecule has 0 bridgehead atoms. The molecule has 0 spiro atoms. The molecule has 0 aromatic carbocycles. The molecule has 8 unspecified atom stereocenters. The van der Waals surface area contributed by atoms with Gasteiger partial charge in [-0.25, -0.2) is 0 Å². The van der Waals surface area contributed by atoms with E-state index >= 15 is 0 Å². The number of rotatable bonds is 3. The Morgan fingerprint density at radius 3 is 2.22 bits per heavy atom. The fourth-order valence-electron chi connectivity index (χ4n) is 10.2. The molecule has 4 saturated carbocycles. The van der Waals surface area contributed by atoms with Crippen molar-refractivity contribution in [3.05, 3.63) is 11.6 Å². The van der Waals surface area contributed by atoms with E-state index in [-0.39, 0.29) is 11.0 Å². The Kier molecular flexibility index (Phi) is 5.03. The summed E-state index contributed by atoms with van der Waals surface area (Å²) in [6.07, 6.45) is 14.0. The number of fused-ring (bicyclic) bond motifs is 5. The predicted molar refractivity (Wildman–Crippen MR) is 131 cm³/mol. The van der Waals surface area contributed by atoms with Crippen LogP contribution in [0, 0.1) is 45.3 Å². The van der Waals surface area contributed by atoms with E-state index < -0.39 is 0 Å². The van der Waals surface area contributed by atoms with Crippen LogP contribution in [0.2, 0.25) is 0 Å². The molecule has 5 fully saturated rings. The second-order valence-electron chi connectivity index (χ2n) is 14.4. The first-order chi connectivity index (χ1) is 14.8. The van der Waals surface area contributed by atoms with Crippen LogP contribution in [0.3, 0.4) is 0 Å². The van der Waals surface area contributed by atoms with Gasteiger partial charge in [0.1, 0.15) is 5.78 Å². The fraction of sp³-hybridized carbons (Fsp3) is 0.900. The van der Waals surface area contributed by atoms with E-state index in [0.717, 1.165) is 37.0 Å². The summed E-state index contributed by atoms with van der Waals surface area (Å²) in [6.45, 7) is 19.3. The number of allylic oxidation sites excluding steroid dienone is 1. The predicted octanol–water partition coefficient (Wildman–Crippen LogP) is 7.75. The lowest BCUT2D eigenvalue weighted by molar-refractivity contribution is -0.201. The van der Waals surface area contributed by atoms with E-state index in [0.29, 0.717) is 34.1 Å². The van der Waals surface area contributed by atoms with Crippen molar-refractivity contribution in [1.82, 2.24) is 0 Å². The number of Topliss-reactive ketones (excluding diaryl/α,β-unsaturated/α-hetero) is 1. The van der Waals surface area contributed by atoms with Crippen molar-refractivity contribution in [2.75, 3.05) is 0 Å². The molecule has 4 aliphatic carbocycles. The molecule has 0 aromatic heterocycles. The van der Waals surface area contributed by atoms with Gasteiger partial charge in [0.15, 0.2) is 0 Å². The number of hydrogen-bond acceptors (Lipinski definition) is 2. The topological polar surface area (TPSA) is 29.6 Å². The summed E-state index contributed by atoms with van der Waals surface area (Å²) in [7, 11) is 0. The first kappa shape index (κ1) is 23.1. The molecule has 5 aliphatic rings. The highest BCUT2D eigenvalue weighted by atomic mass is 16.6. The minimum atomic E-state index is -0.137. The number of ketones is 1. The van der Waals surface area contributed by atoms with Gasteiger partial charge in [-0.2, -0.15) is 0 Å². The normalized spacial score (nSPS) is 51.6. The van der Waals surface area contributed by atoms with Gasteiger partial charge in [-0.3, -0.25) is 4.79 Å². The van der Waals surface area contributed by atoms with Crippen LogP contribution in [0.1, 0.15) is 113 Å². The Labute approximate surface area is 197 Å². The Morgan fingerprint density at radius 2 is 1.56 bits per heavy atom. The van der Waals surface area contributed by atoms with Crippen LogP contribution in [-0.2, 0) is 9.53 Å². The van der Waals surface area contributed by atoms with Crippen molar-refractivity contribution in [3.63, 3.8) is 0 Å². The van der Waals surface area contributed by atoms with Crippen LogP contribution in [0.15, 0.2) is 11.6 Å². The molecule has 180 valence electrons. The number of carbonyl (C=O) groups is 1. The van der Waals surface area contributed by atoms with Gasteiger partial charge < -0.3 is 4.74 Å². The van der Waals surface area contributed by atoms with Gasteiger partial charge in [-0.1, -0.05) is 46.3 Å². The molecule has 1 aliphatic heterocycles. The quantitative estimate of drug-likeness (QED) is 0.331. The average Bonchev–Trinajstić information content (AvgIpc) is 3.15. The first-order valence-corrected chi connectivity index (χ1v) is 13.7. The molecule has 32 heavy (non-hydrogen) atoms. The van der Waals surface area contributed by atoms with Crippen LogP contribution in [-0.4, -0.2) is 17.5 Å². The highest BCUT2D eigenvalue weighted by Gasteiger charge is 2.68. The maximum absolute atomic E-state index is 12.9. The molecule has 2 heteroatoms. The van der Waals surface area contributed by atoms with Crippen molar-refractivity contribution < 1.29 is 9.53 Å². The van der Waals surface area contributed by atoms with Crippen LogP contribution in [0.4, 0.5) is 0 Å². The second-order valence-corrected chi connectivity index (χ2v) is 14.4. The van der Waals surface area contributed by atoms with Gasteiger partial charge in [-0.15, -0.1) is 0 Å². The van der Waals surface area contributed by atoms with Crippen molar-refractivity contribution in [2.45, 2.75) is 125 Å². The summed E-state index contributed by atoms with van der Waals surface area (Å²) in [5, 5.41) is 0. The lowest BCUT2D eigenvalue weighted by Crippen LogP contribution is -2.63. The van der Waals surface area contributed by atoms with E-state index in [1.54, 1.807) is 5.57 Å². The summed E-state index contributed by atoms with van der Waals surface area (Å²) in [4.78, 5) is 12.9. The van der Waals surface area contributed by atoms with Crippen LogP contribution < -0.4 is 0 Å². The zero-order valence-electron chi connectivity index (χ0n) is 22.1. The van der Waals surface area contributed by atoms with Gasteiger partial charge >= 0.3 is 0 Å². The number of ether oxygens (including phenoxy) is 1. The minimum Gasteiger partial charge on any atom is -0.366 e. The summed E-state index contributed by atoms with van der Waals surface area (Å²) in [5.74, 6) is 3.44. The molecular formula is C30H48O2. The Balaban J connectivity index is 1.40. The summed E-state index contributed by atoms with van der Waals surface area (Å²) < 4.78 is 5.85. The highest BCUT2D eigenvalue weighted by Crippen LogP contribution is 2.75. The van der Waals surface area contributed by atoms with Gasteiger partial charge in [0.25, 0.3) is 0 Å². The lowest BCUT2D eigenvalue weighted by atomic mass is 9.35. The van der Waals surface area contributed by atoms with Crippen LogP contribution in [0.25, 0.3) is 0 Å². The van der Waals surface area contributed by atoms with Crippen LogP contribution >= 0.6 is 0 Å². The van der Waals surface area contributed by atoms with E-state index in [4.69, 9.17) is 4.74 Å². The molecule has 2 nitrogen and oxygen atoms in total. The van der Waals surface area contributed by atoms with Crippen molar-refractivity contribution >= 4 is 5.78 Å². The van der Waals surface area contributed by atoms with Gasteiger partial charge in [-0.05, 0) is 112 Å². The standard InChI is InChI=1S/C30H48O2/c1-19(9-12-25-27(4,5)32-25)20-13-17-29(7)21(20)10-11-23-28(6)16-15-24(31)26(2,3)22(28)14-18-30(23,29)8/h9,20-23,25H,10-18H2,1-8H3. The Bertz CT molecular complexity index is 836. The maximum atomic E-state index is 12.9. The molecule has 0 radical (unpaired) electrons. The third kappa shape index (κ3) is 2.96. The van der Waals surface area contributed by atoms with E-state index in [9.17, 15) is 4.79 Å². The van der Waals surface area contributed by atoms with Gasteiger partial charge in [0.05, 0.1) is 11.7 Å². The minimum absolute atomic E-state index is 0.0930. The van der Waals surface area contributed by atoms with E-state index in [1.807, 2.05) is 0 Å². The first-order valence-electron chi connectivity index (χ1n) is 13.7.